The summed E-state index contributed by atoms with van der Waals surface area (Å²) in [5.41, 5.74) is 4.06. The minimum absolute atomic E-state index is 0.0199. The van der Waals surface area contributed by atoms with Crippen LogP contribution < -0.4 is 10.1 Å². The molecule has 0 saturated heterocycles. The molecule has 5 heteroatoms. The van der Waals surface area contributed by atoms with Gasteiger partial charge in [0.1, 0.15) is 18.2 Å². The number of para-hydroxylation sites is 3. The van der Waals surface area contributed by atoms with Crippen LogP contribution in [0.25, 0.3) is 11.0 Å². The van der Waals surface area contributed by atoms with Gasteiger partial charge in [-0.2, -0.15) is 0 Å². The second kappa shape index (κ2) is 9.47. The Labute approximate surface area is 182 Å². The fourth-order valence-corrected chi connectivity index (χ4v) is 3.76. The molecule has 1 amide bonds. The lowest BCUT2D eigenvalue weighted by molar-refractivity contribution is -0.121. The maximum Gasteiger partial charge on any atom is 0.224 e. The Morgan fingerprint density at radius 1 is 1.00 bits per heavy atom. The first-order valence-corrected chi connectivity index (χ1v) is 10.6. The summed E-state index contributed by atoms with van der Waals surface area (Å²) in [5, 5.41) is 3.10. The number of aromatic nitrogens is 2. The van der Waals surface area contributed by atoms with Crippen molar-refractivity contribution in [3.63, 3.8) is 0 Å². The second-order valence-electron chi connectivity index (χ2n) is 7.68. The van der Waals surface area contributed by atoms with E-state index in [1.54, 1.807) is 0 Å². The quantitative estimate of drug-likeness (QED) is 0.450. The number of aryl methyl sites for hydroxylation is 1. The van der Waals surface area contributed by atoms with E-state index in [9.17, 15) is 4.79 Å². The smallest absolute Gasteiger partial charge is 0.224 e. The van der Waals surface area contributed by atoms with Crippen LogP contribution in [-0.4, -0.2) is 22.1 Å². The highest BCUT2D eigenvalue weighted by Crippen LogP contribution is 2.22. The van der Waals surface area contributed by atoms with Crippen LogP contribution in [0.5, 0.6) is 5.75 Å². The number of nitrogens with zero attached hydrogens (tertiary/aromatic N) is 2. The predicted molar refractivity (Wildman–Crippen MR) is 123 cm³/mol. The predicted octanol–water partition coefficient (Wildman–Crippen LogP) is 4.84. The molecule has 158 valence electrons. The Bertz CT molecular complexity index is 1170. The van der Waals surface area contributed by atoms with Crippen LogP contribution in [0.2, 0.25) is 0 Å². The van der Waals surface area contributed by atoms with Crippen molar-refractivity contribution in [2.24, 2.45) is 0 Å². The third-order valence-corrected chi connectivity index (χ3v) is 5.32. The van der Waals surface area contributed by atoms with Crippen LogP contribution in [0.15, 0.2) is 78.9 Å². The minimum Gasteiger partial charge on any atom is -0.491 e. The summed E-state index contributed by atoms with van der Waals surface area (Å²) in [6, 6.07) is 25.6. The largest absolute Gasteiger partial charge is 0.491 e. The van der Waals surface area contributed by atoms with Crippen molar-refractivity contribution in [3.05, 3.63) is 95.8 Å². The number of benzene rings is 3. The van der Waals surface area contributed by atoms with Gasteiger partial charge in [0.2, 0.25) is 5.91 Å². The van der Waals surface area contributed by atoms with Crippen LogP contribution in [0.4, 0.5) is 0 Å². The zero-order valence-electron chi connectivity index (χ0n) is 17.9. The maximum absolute atomic E-state index is 12.6. The van der Waals surface area contributed by atoms with E-state index in [0.717, 1.165) is 33.7 Å². The number of hydrogen-bond acceptors (Lipinski definition) is 3. The second-order valence-corrected chi connectivity index (χ2v) is 7.68. The van der Waals surface area contributed by atoms with Crippen LogP contribution in [-0.2, 0) is 17.8 Å². The first kappa shape index (κ1) is 20.7. The van der Waals surface area contributed by atoms with Crippen molar-refractivity contribution in [3.8, 4) is 5.75 Å². The minimum atomic E-state index is -0.220. The third kappa shape index (κ3) is 4.94. The van der Waals surface area contributed by atoms with E-state index in [0.29, 0.717) is 19.6 Å². The molecule has 5 nitrogen and oxygen atoms in total. The summed E-state index contributed by atoms with van der Waals surface area (Å²) >= 11 is 0. The van der Waals surface area contributed by atoms with Gasteiger partial charge >= 0.3 is 0 Å². The molecule has 0 bridgehead atoms. The Kier molecular flexibility index (Phi) is 6.32. The van der Waals surface area contributed by atoms with Crippen LogP contribution in [0.1, 0.15) is 29.9 Å². The number of rotatable bonds is 8. The van der Waals surface area contributed by atoms with Crippen molar-refractivity contribution >= 4 is 16.9 Å². The monoisotopic (exact) mass is 413 g/mol. The normalized spacial score (nSPS) is 11.9. The molecule has 0 radical (unpaired) electrons. The molecule has 4 aromatic rings. The van der Waals surface area contributed by atoms with Gasteiger partial charge in [-0.1, -0.05) is 60.7 Å². The summed E-state index contributed by atoms with van der Waals surface area (Å²) in [5.74, 6) is 1.70. The molecule has 0 aliphatic rings. The summed E-state index contributed by atoms with van der Waals surface area (Å²) in [6.07, 6.45) is 0.349. The third-order valence-electron chi connectivity index (χ3n) is 5.32. The van der Waals surface area contributed by atoms with E-state index in [1.165, 1.54) is 0 Å². The highest BCUT2D eigenvalue weighted by atomic mass is 16.5. The Morgan fingerprint density at radius 2 is 1.71 bits per heavy atom. The van der Waals surface area contributed by atoms with E-state index in [4.69, 9.17) is 9.72 Å². The van der Waals surface area contributed by atoms with Crippen LogP contribution in [0.3, 0.4) is 0 Å². The van der Waals surface area contributed by atoms with Gasteiger partial charge in [-0.15, -0.1) is 0 Å². The summed E-state index contributed by atoms with van der Waals surface area (Å²) in [4.78, 5) is 17.4. The molecule has 1 heterocycles. The lowest BCUT2D eigenvalue weighted by Gasteiger charge is -2.17. The Balaban J connectivity index is 1.50. The average molecular weight is 414 g/mol. The lowest BCUT2D eigenvalue weighted by Crippen LogP contribution is -2.30. The molecule has 3 aromatic carbocycles. The number of nitrogens with one attached hydrogen (secondary N) is 1. The Hall–Kier alpha value is -3.60. The van der Waals surface area contributed by atoms with Crippen LogP contribution >= 0.6 is 0 Å². The molecular formula is C26H27N3O2. The average Bonchev–Trinajstić information content (AvgIpc) is 3.14. The first-order chi connectivity index (χ1) is 15.1. The highest BCUT2D eigenvalue weighted by molar-refractivity contribution is 5.79. The van der Waals surface area contributed by atoms with E-state index in [2.05, 4.69) is 16.0 Å². The van der Waals surface area contributed by atoms with E-state index in [1.807, 2.05) is 86.6 Å². The van der Waals surface area contributed by atoms with E-state index in [-0.39, 0.29) is 11.9 Å². The number of imidazole rings is 1. The molecule has 1 aromatic heterocycles. The first-order valence-electron chi connectivity index (χ1n) is 10.6. The number of amides is 1. The molecule has 31 heavy (non-hydrogen) atoms. The molecule has 4 rings (SSSR count). The van der Waals surface area contributed by atoms with Gasteiger partial charge in [0.15, 0.2) is 0 Å². The molecule has 0 aliphatic heterocycles. The standard InChI is InChI=1S/C26H27N3O2/c1-19-10-6-9-15-24(19)31-17-16-29-23-14-8-7-13-22(23)28-26(29)20(2)27-25(30)18-21-11-4-3-5-12-21/h3-15,20H,16-18H2,1-2H3,(H,27,30). The molecule has 0 saturated carbocycles. The number of hydrogen-bond donors (Lipinski definition) is 1. The molecule has 0 fully saturated rings. The highest BCUT2D eigenvalue weighted by Gasteiger charge is 2.18. The number of fused-ring (bicyclic) bond motifs is 1. The van der Waals surface area contributed by atoms with Gasteiger partial charge in [0, 0.05) is 0 Å². The van der Waals surface area contributed by atoms with E-state index >= 15 is 0 Å². The summed E-state index contributed by atoms with van der Waals surface area (Å²) < 4.78 is 8.16. The van der Waals surface area contributed by atoms with Crippen molar-refractivity contribution < 1.29 is 9.53 Å². The topological polar surface area (TPSA) is 56.1 Å². The summed E-state index contributed by atoms with van der Waals surface area (Å²) in [6.45, 7) is 5.17. The van der Waals surface area contributed by atoms with Gasteiger partial charge in [-0.05, 0) is 43.2 Å². The van der Waals surface area contributed by atoms with E-state index < -0.39 is 0 Å². The van der Waals surface area contributed by atoms with Crippen molar-refractivity contribution in [1.82, 2.24) is 14.9 Å². The Morgan fingerprint density at radius 3 is 2.52 bits per heavy atom. The van der Waals surface area contributed by atoms with Crippen molar-refractivity contribution in [1.29, 1.82) is 0 Å². The number of ether oxygens (including phenoxy) is 1. The molecule has 0 spiro atoms. The lowest BCUT2D eigenvalue weighted by atomic mass is 10.1. The molecule has 0 aliphatic carbocycles. The van der Waals surface area contributed by atoms with Gasteiger partial charge in [-0.25, -0.2) is 4.98 Å². The van der Waals surface area contributed by atoms with Crippen LogP contribution in [0, 0.1) is 6.92 Å². The van der Waals surface area contributed by atoms with Crippen molar-refractivity contribution in [2.75, 3.05) is 6.61 Å². The SMILES string of the molecule is Cc1ccccc1OCCn1c(C(C)NC(=O)Cc2ccccc2)nc2ccccc21. The molecule has 1 atom stereocenters. The molecule has 1 N–H and O–H groups in total. The molecular weight excluding hydrogens is 386 g/mol. The summed E-state index contributed by atoms with van der Waals surface area (Å²) in [7, 11) is 0. The van der Waals surface area contributed by atoms with Gasteiger partial charge < -0.3 is 14.6 Å². The fourth-order valence-electron chi connectivity index (χ4n) is 3.76. The van der Waals surface area contributed by atoms with Gasteiger partial charge in [0.05, 0.1) is 30.0 Å². The van der Waals surface area contributed by atoms with Gasteiger partial charge in [0.25, 0.3) is 0 Å². The maximum atomic E-state index is 12.6. The molecule has 1 unspecified atom stereocenters. The zero-order chi connectivity index (χ0) is 21.6. The van der Waals surface area contributed by atoms with Gasteiger partial charge in [-0.3, -0.25) is 4.79 Å². The zero-order valence-corrected chi connectivity index (χ0v) is 17.9. The fraction of sp³-hybridized carbons (Fsp3) is 0.231. The number of carbonyl (C=O) groups is 1. The van der Waals surface area contributed by atoms with Crippen molar-refractivity contribution in [2.45, 2.75) is 32.9 Å². The number of carbonyl (C=O) groups excluding carboxylic acids is 1.